The van der Waals surface area contributed by atoms with Crippen LogP contribution in [0.3, 0.4) is 0 Å². The lowest BCUT2D eigenvalue weighted by atomic mass is 10.1. The number of benzene rings is 1. The summed E-state index contributed by atoms with van der Waals surface area (Å²) in [5.41, 5.74) is 0.560. The SMILES string of the molecule is COc1cccc(C(=O)N2CCN(S(=O)(=O)N3CCCC3)CC2)c1. The Labute approximate surface area is 143 Å². The highest BCUT2D eigenvalue weighted by molar-refractivity contribution is 7.86. The minimum absolute atomic E-state index is 0.0906. The number of carbonyl (C=O) groups is 1. The van der Waals surface area contributed by atoms with Gasteiger partial charge in [-0.3, -0.25) is 4.79 Å². The van der Waals surface area contributed by atoms with Crippen LogP contribution in [0.15, 0.2) is 24.3 Å². The van der Waals surface area contributed by atoms with Crippen LogP contribution in [0.25, 0.3) is 0 Å². The standard InChI is InChI=1S/C16H23N3O4S/c1-23-15-6-4-5-14(13-15)16(20)17-9-11-19(12-10-17)24(21,22)18-7-2-3-8-18/h4-6,13H,2-3,7-12H2,1H3. The number of methoxy groups -OCH3 is 1. The zero-order valence-electron chi connectivity index (χ0n) is 13.8. The van der Waals surface area contributed by atoms with E-state index in [1.807, 2.05) is 0 Å². The van der Waals surface area contributed by atoms with Crippen LogP contribution in [-0.4, -0.2) is 74.2 Å². The molecule has 1 amide bonds. The number of hydrogen-bond donors (Lipinski definition) is 0. The minimum atomic E-state index is -3.38. The summed E-state index contributed by atoms with van der Waals surface area (Å²) in [4.78, 5) is 14.3. The lowest BCUT2D eigenvalue weighted by molar-refractivity contribution is 0.0694. The van der Waals surface area contributed by atoms with Crippen LogP contribution in [0.5, 0.6) is 5.75 Å². The summed E-state index contributed by atoms with van der Waals surface area (Å²) in [5, 5.41) is 0. The number of hydrogen-bond acceptors (Lipinski definition) is 4. The topological polar surface area (TPSA) is 70.2 Å². The van der Waals surface area contributed by atoms with Gasteiger partial charge in [-0.1, -0.05) is 6.07 Å². The summed E-state index contributed by atoms with van der Waals surface area (Å²) in [6, 6.07) is 7.02. The number of amides is 1. The summed E-state index contributed by atoms with van der Waals surface area (Å²) < 4.78 is 33.3. The van der Waals surface area contributed by atoms with Gasteiger partial charge >= 0.3 is 0 Å². The molecule has 24 heavy (non-hydrogen) atoms. The largest absolute Gasteiger partial charge is 0.497 e. The third kappa shape index (κ3) is 3.40. The fourth-order valence-electron chi connectivity index (χ4n) is 3.14. The summed E-state index contributed by atoms with van der Waals surface area (Å²) in [7, 11) is -1.82. The summed E-state index contributed by atoms with van der Waals surface area (Å²) in [6.45, 7) is 2.70. The van der Waals surface area contributed by atoms with Crippen LogP contribution in [0, 0.1) is 0 Å². The van der Waals surface area contributed by atoms with Gasteiger partial charge < -0.3 is 9.64 Å². The molecule has 2 aliphatic rings. The average molecular weight is 353 g/mol. The van der Waals surface area contributed by atoms with Crippen LogP contribution >= 0.6 is 0 Å². The van der Waals surface area contributed by atoms with Crippen LogP contribution < -0.4 is 4.74 Å². The highest BCUT2D eigenvalue weighted by atomic mass is 32.2. The summed E-state index contributed by atoms with van der Waals surface area (Å²) in [5.74, 6) is 0.545. The molecule has 7 nitrogen and oxygen atoms in total. The van der Waals surface area contributed by atoms with Crippen molar-refractivity contribution in [3.63, 3.8) is 0 Å². The minimum Gasteiger partial charge on any atom is -0.497 e. The molecule has 2 heterocycles. The Hall–Kier alpha value is -1.64. The van der Waals surface area contributed by atoms with E-state index >= 15 is 0 Å². The normalized spacial score (nSPS) is 20.3. The molecule has 0 radical (unpaired) electrons. The van der Waals surface area contributed by atoms with Crippen molar-refractivity contribution >= 4 is 16.1 Å². The fourth-order valence-corrected chi connectivity index (χ4v) is 4.81. The van der Waals surface area contributed by atoms with Crippen molar-refractivity contribution in [1.29, 1.82) is 0 Å². The second-order valence-electron chi connectivity index (χ2n) is 6.04. The Bertz CT molecular complexity index is 693. The maximum atomic E-state index is 12.6. The molecule has 132 valence electrons. The van der Waals surface area contributed by atoms with E-state index < -0.39 is 10.2 Å². The van der Waals surface area contributed by atoms with Crippen molar-refractivity contribution in [2.24, 2.45) is 0 Å². The van der Waals surface area contributed by atoms with E-state index in [0.717, 1.165) is 12.8 Å². The van der Waals surface area contributed by atoms with Gasteiger partial charge in [0.05, 0.1) is 7.11 Å². The molecule has 1 aromatic rings. The molecular formula is C16H23N3O4S. The first-order chi connectivity index (χ1) is 11.5. The molecule has 0 aliphatic carbocycles. The highest BCUT2D eigenvalue weighted by Crippen LogP contribution is 2.20. The van der Waals surface area contributed by atoms with Crippen molar-refractivity contribution in [2.45, 2.75) is 12.8 Å². The van der Waals surface area contributed by atoms with Gasteiger partial charge in [0, 0.05) is 44.8 Å². The Morgan fingerprint density at radius 2 is 1.62 bits per heavy atom. The van der Waals surface area contributed by atoms with Gasteiger partial charge in [-0.25, -0.2) is 0 Å². The third-order valence-corrected chi connectivity index (χ3v) is 6.60. The predicted molar refractivity (Wildman–Crippen MR) is 90.2 cm³/mol. The van der Waals surface area contributed by atoms with Crippen molar-refractivity contribution in [2.75, 3.05) is 46.4 Å². The second-order valence-corrected chi connectivity index (χ2v) is 7.97. The lowest BCUT2D eigenvalue weighted by Gasteiger charge is -2.35. The van der Waals surface area contributed by atoms with E-state index in [4.69, 9.17) is 4.74 Å². The van der Waals surface area contributed by atoms with E-state index in [2.05, 4.69) is 0 Å². The van der Waals surface area contributed by atoms with Gasteiger partial charge in [0.2, 0.25) is 0 Å². The predicted octanol–water partition coefficient (Wildman–Crippen LogP) is 0.794. The maximum absolute atomic E-state index is 12.6. The Balaban J connectivity index is 1.63. The van der Waals surface area contributed by atoms with Gasteiger partial charge in [-0.15, -0.1) is 0 Å². The van der Waals surface area contributed by atoms with E-state index in [1.54, 1.807) is 40.6 Å². The van der Waals surface area contributed by atoms with Crippen molar-refractivity contribution in [3.05, 3.63) is 29.8 Å². The van der Waals surface area contributed by atoms with Crippen molar-refractivity contribution in [3.8, 4) is 5.75 Å². The Kier molecular flexibility index (Phi) is 5.07. The smallest absolute Gasteiger partial charge is 0.282 e. The van der Waals surface area contributed by atoms with Gasteiger partial charge in [0.25, 0.3) is 16.1 Å². The average Bonchev–Trinajstić information content (AvgIpc) is 3.17. The first-order valence-corrected chi connectivity index (χ1v) is 9.60. The monoisotopic (exact) mass is 353 g/mol. The lowest BCUT2D eigenvalue weighted by Crippen LogP contribution is -2.53. The molecule has 0 aromatic heterocycles. The van der Waals surface area contributed by atoms with Gasteiger partial charge in [0.1, 0.15) is 5.75 Å². The molecule has 0 saturated carbocycles. The molecule has 1 aromatic carbocycles. The zero-order chi connectivity index (χ0) is 17.2. The quantitative estimate of drug-likeness (QED) is 0.803. The van der Waals surface area contributed by atoms with Crippen LogP contribution in [0.2, 0.25) is 0 Å². The van der Waals surface area contributed by atoms with E-state index in [1.165, 1.54) is 4.31 Å². The van der Waals surface area contributed by atoms with E-state index in [0.29, 0.717) is 50.6 Å². The number of ether oxygens (including phenoxy) is 1. The molecular weight excluding hydrogens is 330 g/mol. The van der Waals surface area contributed by atoms with Crippen molar-refractivity contribution < 1.29 is 17.9 Å². The van der Waals surface area contributed by atoms with E-state index in [9.17, 15) is 13.2 Å². The molecule has 0 atom stereocenters. The van der Waals surface area contributed by atoms with Crippen LogP contribution in [-0.2, 0) is 10.2 Å². The number of nitrogens with zero attached hydrogens (tertiary/aromatic N) is 3. The summed E-state index contributed by atoms with van der Waals surface area (Å²) >= 11 is 0. The molecule has 0 unspecified atom stereocenters. The molecule has 0 N–H and O–H groups in total. The number of rotatable bonds is 4. The molecule has 2 fully saturated rings. The molecule has 0 bridgehead atoms. The van der Waals surface area contributed by atoms with Gasteiger partial charge in [-0.05, 0) is 31.0 Å². The maximum Gasteiger partial charge on any atom is 0.282 e. The molecule has 2 aliphatic heterocycles. The first-order valence-electron chi connectivity index (χ1n) is 8.21. The first kappa shape index (κ1) is 17.2. The van der Waals surface area contributed by atoms with E-state index in [-0.39, 0.29) is 5.91 Å². The third-order valence-electron chi connectivity index (χ3n) is 4.56. The number of carbonyl (C=O) groups excluding carboxylic acids is 1. The second kappa shape index (κ2) is 7.08. The Morgan fingerprint density at radius 3 is 2.25 bits per heavy atom. The fraction of sp³-hybridized carbons (Fsp3) is 0.562. The zero-order valence-corrected chi connectivity index (χ0v) is 14.7. The van der Waals surface area contributed by atoms with Crippen LogP contribution in [0.1, 0.15) is 23.2 Å². The highest BCUT2D eigenvalue weighted by Gasteiger charge is 2.34. The molecule has 2 saturated heterocycles. The number of piperazine rings is 1. The van der Waals surface area contributed by atoms with Crippen LogP contribution in [0.4, 0.5) is 0 Å². The molecule has 0 spiro atoms. The van der Waals surface area contributed by atoms with Gasteiger partial charge in [0.15, 0.2) is 0 Å². The summed E-state index contributed by atoms with van der Waals surface area (Å²) in [6.07, 6.45) is 1.85. The van der Waals surface area contributed by atoms with Gasteiger partial charge in [-0.2, -0.15) is 17.0 Å². The molecule has 8 heteroatoms. The Morgan fingerprint density at radius 1 is 1.00 bits per heavy atom. The molecule has 3 rings (SSSR count). The van der Waals surface area contributed by atoms with Crippen molar-refractivity contribution in [1.82, 2.24) is 13.5 Å².